The number of rotatable bonds is 7. The molecule has 1 aromatic carbocycles. The number of carbonyl (C=O) groups excluding carboxylic acids is 1. The highest BCUT2D eigenvalue weighted by molar-refractivity contribution is 5.91. The van der Waals surface area contributed by atoms with E-state index in [1.54, 1.807) is 23.0 Å². The third kappa shape index (κ3) is 4.59. The third-order valence-electron chi connectivity index (χ3n) is 6.32. The van der Waals surface area contributed by atoms with Crippen LogP contribution in [0.3, 0.4) is 0 Å². The largest absolute Gasteiger partial charge is 0.367 e. The van der Waals surface area contributed by atoms with Crippen LogP contribution in [0.4, 0.5) is 26.0 Å². The van der Waals surface area contributed by atoms with Crippen LogP contribution in [0.25, 0.3) is 16.9 Å². The third-order valence-corrected chi connectivity index (χ3v) is 6.32. The van der Waals surface area contributed by atoms with E-state index in [0.717, 1.165) is 41.8 Å². The van der Waals surface area contributed by atoms with E-state index in [1.165, 1.54) is 12.1 Å². The normalized spacial score (nSPS) is 16.0. The summed E-state index contributed by atoms with van der Waals surface area (Å²) in [4.78, 5) is 23.0. The van der Waals surface area contributed by atoms with Crippen molar-refractivity contribution in [3.05, 3.63) is 71.9 Å². The molecule has 1 atom stereocenters. The van der Waals surface area contributed by atoms with Gasteiger partial charge in [0.1, 0.15) is 23.5 Å². The number of fused-ring (bicyclic) bond motifs is 1. The molecule has 0 saturated carbocycles. The fourth-order valence-electron chi connectivity index (χ4n) is 4.62. The molecule has 1 saturated heterocycles. The molecule has 0 amide bonds. The highest BCUT2D eigenvalue weighted by Crippen LogP contribution is 2.32. The van der Waals surface area contributed by atoms with Gasteiger partial charge in [-0.15, -0.1) is 0 Å². The highest BCUT2D eigenvalue weighted by atomic mass is 19.1. The lowest BCUT2D eigenvalue weighted by molar-refractivity contribution is 0.112. The molecule has 35 heavy (non-hydrogen) atoms. The van der Waals surface area contributed by atoms with Crippen molar-refractivity contribution in [2.24, 2.45) is 0 Å². The van der Waals surface area contributed by atoms with Crippen molar-refractivity contribution in [1.82, 2.24) is 19.7 Å². The number of alkyl halides is 1. The minimum atomic E-state index is -0.812. The van der Waals surface area contributed by atoms with Crippen LogP contribution in [0.5, 0.6) is 0 Å². The Labute approximate surface area is 201 Å². The van der Waals surface area contributed by atoms with Crippen LogP contribution in [-0.2, 0) is 6.54 Å². The Hall–Kier alpha value is -3.85. The molecule has 0 radical (unpaired) electrons. The van der Waals surface area contributed by atoms with Gasteiger partial charge in [0.05, 0.1) is 29.5 Å². The van der Waals surface area contributed by atoms with Crippen LogP contribution in [-0.4, -0.2) is 47.0 Å². The van der Waals surface area contributed by atoms with E-state index in [0.29, 0.717) is 42.2 Å². The number of benzene rings is 1. The first kappa shape index (κ1) is 22.9. The number of carbonyl (C=O) groups is 1. The van der Waals surface area contributed by atoms with Gasteiger partial charge < -0.3 is 15.5 Å². The van der Waals surface area contributed by atoms with E-state index in [9.17, 15) is 13.6 Å². The fourth-order valence-corrected chi connectivity index (χ4v) is 4.62. The number of nitrogens with zero attached hydrogens (tertiary/aromatic N) is 4. The van der Waals surface area contributed by atoms with Crippen LogP contribution in [0.2, 0.25) is 0 Å². The summed E-state index contributed by atoms with van der Waals surface area (Å²) >= 11 is 0. The number of anilines is 3. The SMILES string of the molecule is CNCc1c(-c2cnc3cc(F)ccn23)ccc(Nc2ccc(N3CCCC(F)C3)cn2)c1C=O. The van der Waals surface area contributed by atoms with Gasteiger partial charge in [0.25, 0.3) is 0 Å². The number of aldehydes is 1. The molecule has 0 aliphatic carbocycles. The summed E-state index contributed by atoms with van der Waals surface area (Å²) in [6.07, 6.45) is 6.47. The van der Waals surface area contributed by atoms with Crippen LogP contribution in [0, 0.1) is 5.82 Å². The average Bonchev–Trinajstić information content (AvgIpc) is 3.28. The van der Waals surface area contributed by atoms with E-state index in [1.807, 2.05) is 36.2 Å². The van der Waals surface area contributed by atoms with E-state index < -0.39 is 6.17 Å². The summed E-state index contributed by atoms with van der Waals surface area (Å²) in [6.45, 7) is 1.64. The molecule has 9 heteroatoms. The highest BCUT2D eigenvalue weighted by Gasteiger charge is 2.20. The maximum Gasteiger partial charge on any atom is 0.152 e. The molecule has 4 aromatic rings. The zero-order valence-corrected chi connectivity index (χ0v) is 19.3. The molecule has 1 aliphatic heterocycles. The minimum Gasteiger partial charge on any atom is -0.367 e. The number of hydrogen-bond donors (Lipinski definition) is 2. The van der Waals surface area contributed by atoms with Crippen molar-refractivity contribution < 1.29 is 13.6 Å². The lowest BCUT2D eigenvalue weighted by Crippen LogP contribution is -2.36. The first-order chi connectivity index (χ1) is 17.1. The molecule has 1 fully saturated rings. The standard InChI is InChI=1S/C26H26F2N6O/c1-29-13-21-20(24-14-31-26-11-17(27)8-10-34(24)26)5-6-23(22(21)16-35)32-25-7-4-19(12-30-25)33-9-2-3-18(28)15-33/h4-8,10-12,14,16,18,29H,2-3,9,13,15H2,1H3,(H,30,32). The van der Waals surface area contributed by atoms with Gasteiger partial charge in [0.2, 0.25) is 0 Å². The van der Waals surface area contributed by atoms with Gasteiger partial charge in [-0.2, -0.15) is 0 Å². The Morgan fingerprint density at radius 2 is 2.06 bits per heavy atom. The van der Waals surface area contributed by atoms with Crippen molar-refractivity contribution in [1.29, 1.82) is 0 Å². The van der Waals surface area contributed by atoms with Gasteiger partial charge >= 0.3 is 0 Å². The van der Waals surface area contributed by atoms with Crippen LogP contribution in [0.15, 0.2) is 55.0 Å². The van der Waals surface area contributed by atoms with Crippen molar-refractivity contribution in [3.63, 3.8) is 0 Å². The molecular formula is C26H26F2N6O. The van der Waals surface area contributed by atoms with Crippen molar-refractivity contribution >= 4 is 29.1 Å². The molecule has 0 bridgehead atoms. The van der Waals surface area contributed by atoms with Crippen molar-refractivity contribution in [3.8, 4) is 11.3 Å². The van der Waals surface area contributed by atoms with E-state index >= 15 is 0 Å². The maximum atomic E-state index is 13.8. The molecule has 180 valence electrons. The monoisotopic (exact) mass is 476 g/mol. The number of piperidine rings is 1. The second kappa shape index (κ2) is 9.79. The van der Waals surface area contributed by atoms with Gasteiger partial charge in [-0.3, -0.25) is 9.20 Å². The van der Waals surface area contributed by atoms with Gasteiger partial charge in [0, 0.05) is 43.0 Å². The van der Waals surface area contributed by atoms with E-state index in [2.05, 4.69) is 20.6 Å². The topological polar surface area (TPSA) is 74.6 Å². The number of imidazole rings is 1. The molecular weight excluding hydrogens is 450 g/mol. The van der Waals surface area contributed by atoms with Gasteiger partial charge in [-0.1, -0.05) is 6.07 Å². The smallest absolute Gasteiger partial charge is 0.152 e. The summed E-state index contributed by atoms with van der Waals surface area (Å²) < 4.78 is 29.2. The Bertz CT molecular complexity index is 1350. The number of aromatic nitrogens is 3. The van der Waals surface area contributed by atoms with Gasteiger partial charge in [-0.25, -0.2) is 18.7 Å². The average molecular weight is 477 g/mol. The molecule has 7 nitrogen and oxygen atoms in total. The summed E-state index contributed by atoms with van der Waals surface area (Å²) in [7, 11) is 1.81. The number of hydrogen-bond acceptors (Lipinski definition) is 6. The van der Waals surface area contributed by atoms with E-state index in [4.69, 9.17) is 0 Å². The predicted octanol–water partition coefficient (Wildman–Crippen LogP) is 4.75. The maximum absolute atomic E-state index is 13.8. The Balaban J connectivity index is 1.47. The van der Waals surface area contributed by atoms with Gasteiger partial charge in [0.15, 0.2) is 6.29 Å². The molecule has 4 heterocycles. The van der Waals surface area contributed by atoms with Crippen LogP contribution in [0.1, 0.15) is 28.8 Å². The zero-order valence-electron chi connectivity index (χ0n) is 19.3. The Morgan fingerprint density at radius 3 is 2.80 bits per heavy atom. The van der Waals surface area contributed by atoms with Crippen molar-refractivity contribution in [2.45, 2.75) is 25.6 Å². The predicted molar refractivity (Wildman–Crippen MR) is 133 cm³/mol. The number of nitrogens with one attached hydrogen (secondary N) is 2. The number of halogens is 2. The van der Waals surface area contributed by atoms with Crippen LogP contribution >= 0.6 is 0 Å². The first-order valence-electron chi connectivity index (χ1n) is 11.6. The van der Waals surface area contributed by atoms with Crippen molar-refractivity contribution in [2.75, 3.05) is 30.4 Å². The minimum absolute atomic E-state index is 0.360. The fraction of sp³-hybridized carbons (Fsp3) is 0.269. The molecule has 1 unspecified atom stereocenters. The number of pyridine rings is 2. The summed E-state index contributed by atoms with van der Waals surface area (Å²) in [5.74, 6) is 0.223. The molecule has 0 spiro atoms. The summed E-state index contributed by atoms with van der Waals surface area (Å²) in [6, 6.07) is 10.2. The van der Waals surface area contributed by atoms with Gasteiger partial charge in [-0.05, 0) is 49.7 Å². The van der Waals surface area contributed by atoms with Crippen LogP contribution < -0.4 is 15.5 Å². The first-order valence-corrected chi connectivity index (χ1v) is 11.6. The summed E-state index contributed by atoms with van der Waals surface area (Å²) in [5.41, 5.74) is 4.85. The molecule has 5 rings (SSSR count). The zero-order chi connectivity index (χ0) is 24.4. The Kier molecular flexibility index (Phi) is 6.41. The lowest BCUT2D eigenvalue weighted by atomic mass is 9.97. The second-order valence-electron chi connectivity index (χ2n) is 8.63. The Morgan fingerprint density at radius 1 is 1.17 bits per heavy atom. The molecule has 1 aliphatic rings. The molecule has 2 N–H and O–H groups in total. The lowest BCUT2D eigenvalue weighted by Gasteiger charge is -2.30. The van der Waals surface area contributed by atoms with E-state index in [-0.39, 0.29) is 5.82 Å². The quantitative estimate of drug-likeness (QED) is 0.375. The second-order valence-corrected chi connectivity index (χ2v) is 8.63. The molecule has 3 aromatic heterocycles. The summed E-state index contributed by atoms with van der Waals surface area (Å²) in [5, 5.41) is 6.37.